The maximum Gasteiger partial charge on any atom is 0.130 e. The van der Waals surface area contributed by atoms with Crippen molar-refractivity contribution in [3.05, 3.63) is 246 Å². The molecular weight excluding hydrogens is 997 g/mol. The van der Waals surface area contributed by atoms with Crippen LogP contribution in [0.25, 0.3) is 55.6 Å². The molecule has 0 saturated heterocycles. The molecule has 0 amide bonds. The van der Waals surface area contributed by atoms with E-state index in [0.717, 1.165) is 63.4 Å². The van der Waals surface area contributed by atoms with Gasteiger partial charge in [0, 0.05) is 50.0 Å². The lowest BCUT2D eigenvalue weighted by Crippen LogP contribution is -2.33. The van der Waals surface area contributed by atoms with Gasteiger partial charge in [0.1, 0.15) is 24.0 Å². The lowest BCUT2D eigenvalue weighted by molar-refractivity contribution is 0.332. The third-order valence-electron chi connectivity index (χ3n) is 16.5. The van der Waals surface area contributed by atoms with Crippen molar-refractivity contribution >= 4 is 34.3 Å². The molecule has 5 heteroatoms. The van der Waals surface area contributed by atoms with Crippen LogP contribution >= 0.6 is 0 Å². The lowest BCUT2D eigenvalue weighted by atomic mass is 9.63. The summed E-state index contributed by atoms with van der Waals surface area (Å²) < 4.78 is 106. The Balaban J connectivity index is 0.895. The highest BCUT2D eigenvalue weighted by atomic mass is 16.5. The summed E-state index contributed by atoms with van der Waals surface area (Å²) in [6.45, 7) is 19.9. The second-order valence-corrected chi connectivity index (χ2v) is 25.2. The summed E-state index contributed by atoms with van der Waals surface area (Å²) in [6, 6.07) is 50.3. The minimum atomic E-state index is -2.56. The van der Waals surface area contributed by atoms with Gasteiger partial charge in [-0.25, -0.2) is 4.98 Å². The van der Waals surface area contributed by atoms with Crippen LogP contribution < -0.4 is 19.9 Å². The van der Waals surface area contributed by atoms with E-state index in [1.165, 1.54) is 23.4 Å². The van der Waals surface area contributed by atoms with Crippen LogP contribution in [0.15, 0.2) is 218 Å². The fourth-order valence-electron chi connectivity index (χ4n) is 11.6. The minimum Gasteiger partial charge on any atom is -0.457 e. The molecule has 0 saturated carbocycles. The molecule has 1 aliphatic heterocycles. The number of nitrogens with one attached hydrogen (secondary N) is 1. The molecule has 5 nitrogen and oxygen atoms in total. The van der Waals surface area contributed by atoms with Gasteiger partial charge in [-0.2, -0.15) is 0 Å². The number of benzene rings is 9. The average Bonchev–Trinajstić information content (AvgIpc) is 1.73. The van der Waals surface area contributed by atoms with Crippen molar-refractivity contribution in [3.8, 4) is 67.1 Å². The molecule has 2 aliphatic rings. The molecule has 1 aliphatic carbocycles. The number of pyridine rings is 1. The van der Waals surface area contributed by atoms with Crippen LogP contribution in [-0.4, -0.2) is 11.7 Å². The molecule has 0 atom stereocenters. The van der Waals surface area contributed by atoms with Gasteiger partial charge in [0.05, 0.1) is 28.0 Å². The third kappa shape index (κ3) is 10.6. The van der Waals surface area contributed by atoms with Crippen LogP contribution in [0.3, 0.4) is 0 Å². The second kappa shape index (κ2) is 21.0. The van der Waals surface area contributed by atoms with E-state index in [0.29, 0.717) is 40.4 Å². The van der Waals surface area contributed by atoms with Gasteiger partial charge in [0.25, 0.3) is 0 Å². The van der Waals surface area contributed by atoms with E-state index >= 15 is 0 Å². The highest BCUT2D eigenvalue weighted by Crippen LogP contribution is 2.52. The standard InChI is InChI=1S/C77H76N4O/c1-51-42-72(78-49-66(51)56-36-39-67-68(46-56)77(10,11)41-40-76(67,8)9)79-69-31-16-15-28-63(69)53-34-37-61(38-35-53)82-62-27-20-26-60(48-62)80-50-81(71-33-18-17-32-70(71)80)73-64(55-25-19-24-54(43-55)52-22-13-12-14-23-52)29-21-30-65(73)57-44-58(74(2,3)4)47-59(45-57)75(5,6)7/h12-39,42-49H,40-41,50H2,1-11H3,(H,78,79)/i1D3,15D,16D,19D,24D,25D,28D,31D,43D. The minimum absolute atomic E-state index is 0.00323. The van der Waals surface area contributed by atoms with Crippen LogP contribution in [0, 0.1) is 6.85 Å². The summed E-state index contributed by atoms with van der Waals surface area (Å²) in [4.78, 5) is 9.11. The molecule has 0 spiro atoms. The molecule has 82 heavy (non-hydrogen) atoms. The number of fused-ring (bicyclic) bond motifs is 2. The number of hydrogen-bond acceptors (Lipinski definition) is 5. The van der Waals surface area contributed by atoms with Gasteiger partial charge in [-0.05, 0) is 157 Å². The monoisotopic (exact) mass is 1080 g/mol. The zero-order valence-corrected chi connectivity index (χ0v) is 48.5. The van der Waals surface area contributed by atoms with E-state index in [1.807, 2.05) is 84.9 Å². The van der Waals surface area contributed by atoms with Crippen molar-refractivity contribution in [1.29, 1.82) is 0 Å². The zero-order valence-electron chi connectivity index (χ0n) is 59.5. The molecule has 12 rings (SSSR count). The number of nitrogens with zero attached hydrogens (tertiary/aromatic N) is 3. The number of aromatic nitrogens is 1. The van der Waals surface area contributed by atoms with Crippen molar-refractivity contribution in [3.63, 3.8) is 0 Å². The predicted molar refractivity (Wildman–Crippen MR) is 347 cm³/mol. The molecular formula is C77H76N4O. The van der Waals surface area contributed by atoms with Gasteiger partial charge in [-0.3, -0.25) is 0 Å². The number of anilines is 6. The molecule has 0 unspecified atom stereocenters. The summed E-state index contributed by atoms with van der Waals surface area (Å²) in [5.41, 5.74) is 13.0. The van der Waals surface area contributed by atoms with Crippen LogP contribution in [-0.2, 0) is 21.7 Å². The SMILES string of the molecule is [2H]c1c([2H])c([2H])c(-c2ccc(Oc3cccc(N4CN(c5c(-c6cc(C(C)(C)C)cc(C(C)(C)C)c6)cccc5-c5c([2H])c([2H])c([2H])c(-c6ccccc6)c5[2H])c5ccccc54)c3)cc2)c(Nc2cc(C([2H])([2H])[2H])c(-c3ccc4c(c3)C(C)(C)CCC4(C)C)cn2)c1[2H]. The quantitative estimate of drug-likeness (QED) is 0.140. The number of para-hydroxylation sites is 4. The Morgan fingerprint density at radius 3 is 1.88 bits per heavy atom. The summed E-state index contributed by atoms with van der Waals surface area (Å²) in [5, 5.41) is 3.13. The Labute approximate surface area is 502 Å². The Kier molecular flexibility index (Phi) is 10.8. The third-order valence-corrected chi connectivity index (χ3v) is 16.5. The van der Waals surface area contributed by atoms with E-state index in [2.05, 4.69) is 133 Å². The fraction of sp³-hybridized carbons (Fsp3) is 0.234. The number of hydrogen-bond donors (Lipinski definition) is 1. The molecule has 0 bridgehead atoms. The molecule has 0 fully saturated rings. The van der Waals surface area contributed by atoms with E-state index in [4.69, 9.17) is 19.3 Å². The first-order valence-corrected chi connectivity index (χ1v) is 28.3. The van der Waals surface area contributed by atoms with Crippen LogP contribution in [0.5, 0.6) is 11.5 Å². The number of ether oxygens (including phenoxy) is 1. The second-order valence-electron chi connectivity index (χ2n) is 25.2. The van der Waals surface area contributed by atoms with Crippen LogP contribution in [0.4, 0.5) is 34.3 Å². The first-order valence-electron chi connectivity index (χ1n) is 33.8. The zero-order chi connectivity index (χ0) is 66.6. The highest BCUT2D eigenvalue weighted by Gasteiger charge is 2.37. The molecule has 1 aromatic heterocycles. The fourth-order valence-corrected chi connectivity index (χ4v) is 11.6. The van der Waals surface area contributed by atoms with Gasteiger partial charge in [0.15, 0.2) is 0 Å². The van der Waals surface area contributed by atoms with E-state index in [1.54, 1.807) is 24.3 Å². The molecule has 410 valence electrons. The van der Waals surface area contributed by atoms with Crippen molar-refractivity contribution < 1.29 is 19.8 Å². The molecule has 0 radical (unpaired) electrons. The Bertz CT molecular complexity index is 4570. The van der Waals surface area contributed by atoms with Gasteiger partial charge in [-0.1, -0.05) is 221 Å². The van der Waals surface area contributed by atoms with E-state index in [-0.39, 0.29) is 91.7 Å². The van der Waals surface area contributed by atoms with Crippen molar-refractivity contribution in [1.82, 2.24) is 4.98 Å². The Morgan fingerprint density at radius 1 is 0.512 bits per heavy atom. The van der Waals surface area contributed by atoms with Crippen molar-refractivity contribution in [2.24, 2.45) is 0 Å². The maximum absolute atomic E-state index is 9.92. The Hall–Kier alpha value is -8.67. The summed E-state index contributed by atoms with van der Waals surface area (Å²) in [6.07, 6.45) is 3.56. The lowest BCUT2D eigenvalue weighted by Gasteiger charge is -2.42. The van der Waals surface area contributed by atoms with Gasteiger partial charge in [-0.15, -0.1) is 0 Å². The largest absolute Gasteiger partial charge is 0.457 e. The number of aryl methyl sites for hydroxylation is 1. The molecule has 1 N–H and O–H groups in total. The Morgan fingerprint density at radius 2 is 1.16 bits per heavy atom. The smallest absolute Gasteiger partial charge is 0.130 e. The maximum atomic E-state index is 9.92. The first kappa shape index (κ1) is 42.2. The average molecular weight is 1080 g/mol. The van der Waals surface area contributed by atoms with Crippen LogP contribution in [0.1, 0.15) is 125 Å². The number of rotatable bonds is 11. The molecule has 9 aromatic carbocycles. The topological polar surface area (TPSA) is 40.6 Å². The van der Waals surface area contributed by atoms with E-state index in [9.17, 15) is 5.48 Å². The van der Waals surface area contributed by atoms with Gasteiger partial charge < -0.3 is 19.9 Å². The van der Waals surface area contributed by atoms with Gasteiger partial charge in [0.2, 0.25) is 0 Å². The molecule has 2 heterocycles. The highest BCUT2D eigenvalue weighted by molar-refractivity contribution is 5.99. The molecule has 10 aromatic rings. The van der Waals surface area contributed by atoms with E-state index < -0.39 is 18.9 Å². The van der Waals surface area contributed by atoms with Crippen molar-refractivity contribution in [2.75, 3.05) is 21.8 Å². The normalized spacial score (nSPS) is 16.6. The summed E-state index contributed by atoms with van der Waals surface area (Å²) >= 11 is 0. The van der Waals surface area contributed by atoms with Crippen LogP contribution in [0.2, 0.25) is 0 Å². The first-order chi connectivity index (χ1) is 43.8. The summed E-state index contributed by atoms with van der Waals surface area (Å²) in [5.74, 6) is 1.07. The predicted octanol–water partition coefficient (Wildman–Crippen LogP) is 21.5. The van der Waals surface area contributed by atoms with Gasteiger partial charge >= 0.3 is 0 Å². The summed E-state index contributed by atoms with van der Waals surface area (Å²) in [7, 11) is 0. The van der Waals surface area contributed by atoms with Crippen molar-refractivity contribution in [2.45, 2.75) is 111 Å².